The van der Waals surface area contributed by atoms with Gasteiger partial charge in [-0.25, -0.2) is 8.42 Å². The van der Waals surface area contributed by atoms with E-state index in [1.807, 2.05) is 32.2 Å². The summed E-state index contributed by atoms with van der Waals surface area (Å²) in [6, 6.07) is 14.5. The van der Waals surface area contributed by atoms with Crippen LogP contribution in [0.4, 0.5) is 0 Å². The molecule has 2 atom stereocenters. The Hall–Kier alpha value is -2.94. The minimum absolute atomic E-state index is 0.0909. The van der Waals surface area contributed by atoms with Crippen LogP contribution in [0.5, 0.6) is 0 Å². The van der Waals surface area contributed by atoms with Gasteiger partial charge < -0.3 is 14.6 Å². The highest BCUT2D eigenvalue weighted by Crippen LogP contribution is 2.29. The Balaban J connectivity index is 1.28. The molecule has 0 bridgehead atoms. The van der Waals surface area contributed by atoms with Crippen LogP contribution in [-0.2, 0) is 14.8 Å². The number of benzene rings is 2. The molecule has 0 aliphatic carbocycles. The zero-order chi connectivity index (χ0) is 23.9. The van der Waals surface area contributed by atoms with Crippen LogP contribution in [0.1, 0.15) is 36.2 Å². The lowest BCUT2D eigenvalue weighted by Gasteiger charge is -2.34. The van der Waals surface area contributed by atoms with Crippen molar-refractivity contribution < 1.29 is 17.9 Å². The van der Waals surface area contributed by atoms with Crippen LogP contribution in [-0.4, -0.2) is 66.9 Å². The fourth-order valence-corrected chi connectivity index (χ4v) is 6.45. The number of nitrogens with one attached hydrogen (secondary N) is 1. The second-order valence-electron chi connectivity index (χ2n) is 9.08. The average Bonchev–Trinajstić information content (AvgIpc) is 3.27. The number of morpholine rings is 1. The van der Waals surface area contributed by atoms with Crippen molar-refractivity contribution in [2.45, 2.75) is 37.4 Å². The normalized spacial score (nSPS) is 22.1. The first-order chi connectivity index (χ1) is 16.3. The largest absolute Gasteiger partial charge is 0.373 e. The third-order valence-electron chi connectivity index (χ3n) is 6.56. The van der Waals surface area contributed by atoms with E-state index >= 15 is 0 Å². The van der Waals surface area contributed by atoms with E-state index in [1.54, 1.807) is 17.0 Å². The molecule has 1 amide bonds. The Morgan fingerprint density at radius 3 is 2.41 bits per heavy atom. The molecular formula is C26H29N3O4S. The molecule has 2 aromatic carbocycles. The fourth-order valence-electron chi connectivity index (χ4n) is 4.86. The van der Waals surface area contributed by atoms with Crippen molar-refractivity contribution in [3.8, 4) is 0 Å². The van der Waals surface area contributed by atoms with Crippen LogP contribution >= 0.6 is 0 Å². The first-order valence-electron chi connectivity index (χ1n) is 11.6. The van der Waals surface area contributed by atoms with Gasteiger partial charge in [0.2, 0.25) is 10.0 Å². The van der Waals surface area contributed by atoms with Crippen molar-refractivity contribution in [1.82, 2.24) is 14.2 Å². The predicted octanol–water partition coefficient (Wildman–Crippen LogP) is 3.90. The number of rotatable bonds is 4. The highest BCUT2D eigenvalue weighted by Gasteiger charge is 2.32. The first-order valence-corrected chi connectivity index (χ1v) is 13.1. The third kappa shape index (κ3) is 4.29. The molecule has 3 heterocycles. The Kier molecular flexibility index (Phi) is 6.06. The van der Waals surface area contributed by atoms with E-state index in [9.17, 15) is 13.2 Å². The molecule has 7 nitrogen and oxygen atoms in total. The quantitative estimate of drug-likeness (QED) is 0.615. The predicted molar refractivity (Wildman–Crippen MR) is 132 cm³/mol. The summed E-state index contributed by atoms with van der Waals surface area (Å²) < 4.78 is 33.3. The lowest BCUT2D eigenvalue weighted by Crippen LogP contribution is -2.48. The molecule has 3 aromatic rings. The molecule has 2 unspecified atom stereocenters. The Morgan fingerprint density at radius 1 is 1.03 bits per heavy atom. The molecule has 0 spiro atoms. The number of H-pyrrole nitrogens is 1. The number of hydrogen-bond donors (Lipinski definition) is 1. The van der Waals surface area contributed by atoms with Gasteiger partial charge in [0.25, 0.3) is 5.91 Å². The minimum Gasteiger partial charge on any atom is -0.373 e. The van der Waals surface area contributed by atoms with Crippen molar-refractivity contribution in [2.24, 2.45) is 0 Å². The maximum atomic E-state index is 13.1. The second kappa shape index (κ2) is 9.02. The Labute approximate surface area is 200 Å². The zero-order valence-corrected chi connectivity index (χ0v) is 20.2. The summed E-state index contributed by atoms with van der Waals surface area (Å²) in [5, 5.41) is 1.19. The Bertz CT molecular complexity index is 1330. The summed E-state index contributed by atoms with van der Waals surface area (Å²) in [4.78, 5) is 18.4. The van der Waals surface area contributed by atoms with Gasteiger partial charge in [-0.15, -0.1) is 0 Å². The van der Waals surface area contributed by atoms with Crippen molar-refractivity contribution in [3.05, 3.63) is 71.9 Å². The molecule has 5 rings (SSSR count). The first kappa shape index (κ1) is 22.8. The summed E-state index contributed by atoms with van der Waals surface area (Å²) in [6.07, 6.45) is 4.61. The van der Waals surface area contributed by atoms with Gasteiger partial charge in [-0.05, 0) is 56.2 Å². The molecule has 1 saturated heterocycles. The van der Waals surface area contributed by atoms with Gasteiger partial charge in [-0.3, -0.25) is 4.79 Å². The molecule has 2 aliphatic rings. The van der Waals surface area contributed by atoms with Crippen molar-refractivity contribution >= 4 is 32.4 Å². The van der Waals surface area contributed by atoms with Crippen LogP contribution in [0.15, 0.2) is 65.7 Å². The number of aromatic nitrogens is 1. The standard InChI is InChI=1S/C26H29N3O4S/c1-18-16-29(17-19(2)33-18)34(31,32)22-9-7-21(8-10-22)26(30)28-13-11-20(12-14-28)24-15-27-25-6-4-3-5-23(24)25/h3-11,15,18-19,27H,12-14,16-17H2,1-2H3. The highest BCUT2D eigenvalue weighted by molar-refractivity contribution is 7.89. The maximum absolute atomic E-state index is 13.1. The van der Waals surface area contributed by atoms with Crippen molar-refractivity contribution in [2.75, 3.05) is 26.2 Å². The summed E-state index contributed by atoms with van der Waals surface area (Å²) in [5.41, 5.74) is 4.01. The summed E-state index contributed by atoms with van der Waals surface area (Å²) in [5.74, 6) is -0.0909. The van der Waals surface area contributed by atoms with E-state index in [-0.39, 0.29) is 23.0 Å². The van der Waals surface area contributed by atoms with Gasteiger partial charge >= 0.3 is 0 Å². The molecule has 8 heteroatoms. The van der Waals surface area contributed by atoms with Crippen LogP contribution < -0.4 is 0 Å². The molecule has 178 valence electrons. The lowest BCUT2D eigenvalue weighted by molar-refractivity contribution is -0.0440. The Morgan fingerprint density at radius 2 is 1.74 bits per heavy atom. The lowest BCUT2D eigenvalue weighted by atomic mass is 9.98. The number of nitrogens with zero attached hydrogens (tertiary/aromatic N) is 2. The van der Waals surface area contributed by atoms with E-state index in [0.717, 1.165) is 11.9 Å². The minimum atomic E-state index is -3.63. The topological polar surface area (TPSA) is 82.7 Å². The van der Waals surface area contributed by atoms with E-state index in [1.165, 1.54) is 33.0 Å². The molecule has 2 aliphatic heterocycles. The van der Waals surface area contributed by atoms with Crippen LogP contribution in [0.25, 0.3) is 16.5 Å². The molecule has 0 radical (unpaired) electrons. The highest BCUT2D eigenvalue weighted by atomic mass is 32.2. The number of sulfonamides is 1. The van der Waals surface area contributed by atoms with E-state index in [2.05, 4.69) is 23.2 Å². The number of aromatic amines is 1. The van der Waals surface area contributed by atoms with Gasteiger partial charge in [-0.2, -0.15) is 4.31 Å². The number of hydrogen-bond acceptors (Lipinski definition) is 4. The molecule has 1 aromatic heterocycles. The number of carbonyl (C=O) groups excluding carboxylic acids is 1. The van der Waals surface area contributed by atoms with Crippen LogP contribution in [0.3, 0.4) is 0 Å². The van der Waals surface area contributed by atoms with E-state index < -0.39 is 10.0 Å². The SMILES string of the molecule is CC1CN(S(=O)(=O)c2ccc(C(=O)N3CC=C(c4c[nH]c5ccccc45)CC3)cc2)CC(C)O1. The van der Waals surface area contributed by atoms with Gasteiger partial charge in [0.1, 0.15) is 0 Å². The zero-order valence-electron chi connectivity index (χ0n) is 19.4. The molecule has 34 heavy (non-hydrogen) atoms. The summed E-state index contributed by atoms with van der Waals surface area (Å²) >= 11 is 0. The number of carbonyl (C=O) groups is 1. The van der Waals surface area contributed by atoms with Gasteiger partial charge in [-0.1, -0.05) is 24.3 Å². The molecule has 1 N–H and O–H groups in total. The molecule has 0 saturated carbocycles. The van der Waals surface area contributed by atoms with Crippen molar-refractivity contribution in [3.63, 3.8) is 0 Å². The summed E-state index contributed by atoms with van der Waals surface area (Å²) in [7, 11) is -3.63. The van der Waals surface area contributed by atoms with Crippen LogP contribution in [0.2, 0.25) is 0 Å². The number of fused-ring (bicyclic) bond motifs is 1. The second-order valence-corrected chi connectivity index (χ2v) is 11.0. The van der Waals surface area contributed by atoms with Crippen LogP contribution in [0, 0.1) is 0 Å². The molecule has 1 fully saturated rings. The average molecular weight is 480 g/mol. The summed E-state index contributed by atoms with van der Waals surface area (Å²) in [6.45, 7) is 5.54. The maximum Gasteiger partial charge on any atom is 0.254 e. The number of ether oxygens (including phenoxy) is 1. The van der Waals surface area contributed by atoms with Crippen molar-refractivity contribution in [1.29, 1.82) is 0 Å². The van der Waals surface area contributed by atoms with Gasteiger partial charge in [0.05, 0.1) is 17.1 Å². The van der Waals surface area contributed by atoms with E-state index in [4.69, 9.17) is 4.74 Å². The van der Waals surface area contributed by atoms with Gasteiger partial charge in [0.15, 0.2) is 0 Å². The van der Waals surface area contributed by atoms with E-state index in [0.29, 0.717) is 31.7 Å². The monoisotopic (exact) mass is 479 g/mol. The smallest absolute Gasteiger partial charge is 0.254 e. The molecular weight excluding hydrogens is 450 g/mol. The third-order valence-corrected chi connectivity index (χ3v) is 8.40. The number of para-hydroxylation sites is 1. The van der Waals surface area contributed by atoms with Gasteiger partial charge in [0, 0.05) is 54.4 Å². The number of amides is 1. The fraction of sp³-hybridized carbons (Fsp3) is 0.346.